The number of anilines is 2. The van der Waals surface area contributed by atoms with Crippen LogP contribution >= 0.6 is 11.3 Å². The Labute approximate surface area is 120 Å². The van der Waals surface area contributed by atoms with Gasteiger partial charge in [-0.1, -0.05) is 11.3 Å². The van der Waals surface area contributed by atoms with Gasteiger partial charge >= 0.3 is 0 Å². The van der Waals surface area contributed by atoms with Crippen molar-refractivity contribution in [2.24, 2.45) is 0 Å². The van der Waals surface area contributed by atoms with Crippen molar-refractivity contribution in [1.29, 1.82) is 0 Å². The zero-order chi connectivity index (χ0) is 13.9. The van der Waals surface area contributed by atoms with Crippen LogP contribution in [0.15, 0.2) is 23.0 Å². The van der Waals surface area contributed by atoms with Gasteiger partial charge in [-0.05, 0) is 25.3 Å². The van der Waals surface area contributed by atoms with Crippen LogP contribution in [-0.2, 0) is 6.54 Å². The minimum absolute atomic E-state index is 0.206. The van der Waals surface area contributed by atoms with Crippen molar-refractivity contribution in [1.82, 2.24) is 10.3 Å². The highest BCUT2D eigenvalue weighted by Gasteiger charge is 2.21. The Hall–Kier alpha value is -2.02. The van der Waals surface area contributed by atoms with Crippen LogP contribution in [0.25, 0.3) is 0 Å². The lowest BCUT2D eigenvalue weighted by atomic mass is 9.93. The summed E-state index contributed by atoms with van der Waals surface area (Å²) in [6.45, 7) is 0.415. The van der Waals surface area contributed by atoms with E-state index < -0.39 is 0 Å². The minimum atomic E-state index is -0.206. The zero-order valence-corrected chi connectivity index (χ0v) is 11.7. The summed E-state index contributed by atoms with van der Waals surface area (Å²) >= 11 is 1.30. The van der Waals surface area contributed by atoms with Gasteiger partial charge in [0.2, 0.25) is 0 Å². The van der Waals surface area contributed by atoms with E-state index in [9.17, 15) is 4.79 Å². The number of nitrogens with two attached hydrogens (primary N) is 1. The normalized spacial score (nSPS) is 14.8. The van der Waals surface area contributed by atoms with E-state index in [0.29, 0.717) is 17.5 Å². The van der Waals surface area contributed by atoms with E-state index in [-0.39, 0.29) is 11.7 Å². The monoisotopic (exact) mass is 292 g/mol. The average Bonchev–Trinajstić information content (AvgIpc) is 3.00. The summed E-state index contributed by atoms with van der Waals surface area (Å²) in [5.74, 6) is 0.0735. The van der Waals surface area contributed by atoms with Gasteiger partial charge in [0.15, 0.2) is 5.13 Å². The Balaban J connectivity index is 1.61. The van der Waals surface area contributed by atoms with E-state index in [0.717, 1.165) is 23.5 Å². The molecule has 0 spiro atoms. The van der Waals surface area contributed by atoms with Gasteiger partial charge in [0.1, 0.15) is 10.7 Å². The Bertz CT molecular complexity index is 590. The number of carbonyl (C=O) groups excluding carboxylic acids is 1. The molecule has 1 aliphatic rings. The van der Waals surface area contributed by atoms with Gasteiger partial charge in [-0.15, -0.1) is 0 Å². The van der Waals surface area contributed by atoms with Crippen LogP contribution in [0.2, 0.25) is 0 Å². The van der Waals surface area contributed by atoms with Gasteiger partial charge in [-0.3, -0.25) is 4.79 Å². The predicted octanol–water partition coefficient (Wildman–Crippen LogP) is 2.21. The number of nitrogens with zero attached hydrogens (tertiary/aromatic N) is 1. The molecule has 0 aromatic carbocycles. The van der Waals surface area contributed by atoms with E-state index in [1.807, 2.05) is 0 Å². The van der Waals surface area contributed by atoms with E-state index in [1.54, 1.807) is 18.6 Å². The molecular weight excluding hydrogens is 276 g/mol. The number of thiazole rings is 1. The summed E-state index contributed by atoms with van der Waals surface area (Å²) in [5, 5.41) is 6.82. The predicted molar refractivity (Wildman–Crippen MR) is 77.7 cm³/mol. The first-order valence-corrected chi connectivity index (χ1v) is 7.36. The van der Waals surface area contributed by atoms with Crippen molar-refractivity contribution in [3.63, 3.8) is 0 Å². The standard InChI is InChI=1S/C13H16N4O2S/c14-11-10(12(18)15-6-8-4-5-19-7-8)20-13(17-11)16-9-2-1-3-9/h4-5,7,9H,1-3,6,14H2,(H,15,18)(H,16,17). The number of furan rings is 1. The molecule has 3 rings (SSSR count). The largest absolute Gasteiger partial charge is 0.472 e. The fraction of sp³-hybridized carbons (Fsp3) is 0.385. The highest BCUT2D eigenvalue weighted by molar-refractivity contribution is 7.18. The lowest BCUT2D eigenvalue weighted by Gasteiger charge is -2.25. The second-order valence-electron chi connectivity index (χ2n) is 4.82. The van der Waals surface area contributed by atoms with Crippen molar-refractivity contribution < 1.29 is 9.21 Å². The maximum Gasteiger partial charge on any atom is 0.265 e. The summed E-state index contributed by atoms with van der Waals surface area (Å²) in [6.07, 6.45) is 6.72. The maximum absolute atomic E-state index is 12.1. The molecule has 106 valence electrons. The van der Waals surface area contributed by atoms with Crippen LogP contribution in [0.4, 0.5) is 10.9 Å². The van der Waals surface area contributed by atoms with E-state index in [4.69, 9.17) is 10.2 Å². The zero-order valence-electron chi connectivity index (χ0n) is 10.9. The molecule has 0 saturated heterocycles. The number of rotatable bonds is 5. The van der Waals surface area contributed by atoms with Crippen molar-refractivity contribution >= 4 is 28.2 Å². The lowest BCUT2D eigenvalue weighted by Crippen LogP contribution is -2.26. The number of carbonyl (C=O) groups is 1. The summed E-state index contributed by atoms with van der Waals surface area (Å²) in [4.78, 5) is 16.7. The smallest absolute Gasteiger partial charge is 0.265 e. The fourth-order valence-corrected chi connectivity index (χ4v) is 2.82. The molecule has 0 aliphatic heterocycles. The molecule has 0 unspecified atom stereocenters. The first-order chi connectivity index (χ1) is 9.72. The first-order valence-electron chi connectivity index (χ1n) is 6.54. The van der Waals surface area contributed by atoms with Crippen LogP contribution in [0.3, 0.4) is 0 Å². The molecule has 1 fully saturated rings. The third-order valence-electron chi connectivity index (χ3n) is 3.33. The molecule has 20 heavy (non-hydrogen) atoms. The molecule has 6 nitrogen and oxygen atoms in total. The van der Waals surface area contributed by atoms with E-state index in [2.05, 4.69) is 15.6 Å². The van der Waals surface area contributed by atoms with Crippen LogP contribution < -0.4 is 16.4 Å². The van der Waals surface area contributed by atoms with Gasteiger partial charge in [0.05, 0.1) is 12.5 Å². The van der Waals surface area contributed by atoms with Crippen LogP contribution in [0, 0.1) is 0 Å². The molecule has 0 atom stereocenters. The summed E-state index contributed by atoms with van der Waals surface area (Å²) in [5.41, 5.74) is 6.72. The highest BCUT2D eigenvalue weighted by Crippen LogP contribution is 2.29. The molecule has 2 aromatic heterocycles. The lowest BCUT2D eigenvalue weighted by molar-refractivity contribution is 0.0955. The Morgan fingerprint density at radius 3 is 3.05 bits per heavy atom. The van der Waals surface area contributed by atoms with Gasteiger partial charge in [0, 0.05) is 18.2 Å². The second kappa shape index (κ2) is 5.54. The highest BCUT2D eigenvalue weighted by atomic mass is 32.1. The SMILES string of the molecule is Nc1nc(NC2CCC2)sc1C(=O)NCc1ccoc1. The molecule has 7 heteroatoms. The first kappa shape index (κ1) is 13.0. The average molecular weight is 292 g/mol. The second-order valence-corrected chi connectivity index (χ2v) is 5.82. The third kappa shape index (κ3) is 2.77. The quantitative estimate of drug-likeness (QED) is 0.785. The Morgan fingerprint density at radius 2 is 2.40 bits per heavy atom. The Morgan fingerprint density at radius 1 is 1.55 bits per heavy atom. The molecule has 0 bridgehead atoms. The number of hydrogen-bond acceptors (Lipinski definition) is 6. The van der Waals surface area contributed by atoms with E-state index in [1.165, 1.54) is 17.8 Å². The summed E-state index contributed by atoms with van der Waals surface area (Å²) in [7, 11) is 0. The van der Waals surface area contributed by atoms with E-state index >= 15 is 0 Å². The van der Waals surface area contributed by atoms with Crippen LogP contribution in [0.1, 0.15) is 34.5 Å². The van der Waals surface area contributed by atoms with Gasteiger partial charge < -0.3 is 20.8 Å². The topological polar surface area (TPSA) is 93.2 Å². The Kier molecular flexibility index (Phi) is 3.60. The fourth-order valence-electron chi connectivity index (χ4n) is 1.94. The van der Waals surface area contributed by atoms with Crippen molar-refractivity contribution in [3.05, 3.63) is 29.0 Å². The van der Waals surface area contributed by atoms with Crippen molar-refractivity contribution in [3.8, 4) is 0 Å². The number of nitrogens with one attached hydrogen (secondary N) is 2. The number of nitrogen functional groups attached to an aromatic ring is 1. The molecule has 1 amide bonds. The molecule has 1 aliphatic carbocycles. The van der Waals surface area contributed by atoms with Gasteiger partial charge in [-0.2, -0.15) is 0 Å². The van der Waals surface area contributed by atoms with Gasteiger partial charge in [0.25, 0.3) is 5.91 Å². The van der Waals surface area contributed by atoms with Gasteiger partial charge in [-0.25, -0.2) is 4.98 Å². The number of aromatic nitrogens is 1. The van der Waals surface area contributed by atoms with Crippen molar-refractivity contribution in [2.75, 3.05) is 11.1 Å². The third-order valence-corrected chi connectivity index (χ3v) is 4.33. The molecule has 1 saturated carbocycles. The molecule has 2 aromatic rings. The van der Waals surface area contributed by atoms with Crippen LogP contribution in [0.5, 0.6) is 0 Å². The molecule has 2 heterocycles. The summed E-state index contributed by atoms with van der Waals surface area (Å²) < 4.78 is 4.95. The van der Waals surface area contributed by atoms with Crippen molar-refractivity contribution in [2.45, 2.75) is 31.8 Å². The number of amides is 1. The molecular formula is C13H16N4O2S. The van der Waals surface area contributed by atoms with Crippen LogP contribution in [-0.4, -0.2) is 16.9 Å². The summed E-state index contributed by atoms with van der Waals surface area (Å²) in [6, 6.07) is 2.28. The number of hydrogen-bond donors (Lipinski definition) is 3. The minimum Gasteiger partial charge on any atom is -0.472 e. The maximum atomic E-state index is 12.1. The molecule has 4 N–H and O–H groups in total. The molecule has 0 radical (unpaired) electrons.